The SMILES string of the molecule is COc1ccc(C(=O)NCCN(CCN(C)C)S(C)(=O)=O)cc1OC. The van der Waals surface area contributed by atoms with Crippen LogP contribution in [0.1, 0.15) is 10.4 Å². The number of carbonyl (C=O) groups excluding carboxylic acids is 1. The van der Waals surface area contributed by atoms with Crippen LogP contribution < -0.4 is 14.8 Å². The number of methoxy groups -OCH3 is 2. The Morgan fingerprint density at radius 1 is 1.08 bits per heavy atom. The van der Waals surface area contributed by atoms with Crippen molar-refractivity contribution < 1.29 is 22.7 Å². The highest BCUT2D eigenvalue weighted by Gasteiger charge is 2.17. The first-order valence-corrected chi connectivity index (χ1v) is 9.64. The highest BCUT2D eigenvalue weighted by Crippen LogP contribution is 2.27. The third kappa shape index (κ3) is 6.89. The molecule has 0 unspecified atom stereocenters. The van der Waals surface area contributed by atoms with E-state index in [1.165, 1.54) is 24.8 Å². The monoisotopic (exact) mass is 373 g/mol. The van der Waals surface area contributed by atoms with Gasteiger partial charge >= 0.3 is 0 Å². The van der Waals surface area contributed by atoms with E-state index in [4.69, 9.17) is 9.47 Å². The van der Waals surface area contributed by atoms with Crippen LogP contribution in [0.3, 0.4) is 0 Å². The zero-order valence-electron chi connectivity index (χ0n) is 15.4. The lowest BCUT2D eigenvalue weighted by Gasteiger charge is -2.22. The van der Waals surface area contributed by atoms with Crippen LogP contribution in [0.5, 0.6) is 11.5 Å². The number of ether oxygens (including phenoxy) is 2. The molecule has 0 saturated carbocycles. The van der Waals surface area contributed by atoms with Crippen LogP contribution in [0.15, 0.2) is 18.2 Å². The molecule has 0 fully saturated rings. The van der Waals surface area contributed by atoms with Crippen molar-refractivity contribution in [1.82, 2.24) is 14.5 Å². The molecule has 8 nitrogen and oxygen atoms in total. The fourth-order valence-electron chi connectivity index (χ4n) is 2.13. The summed E-state index contributed by atoms with van der Waals surface area (Å²) in [5.74, 6) is 0.687. The summed E-state index contributed by atoms with van der Waals surface area (Å²) in [6, 6.07) is 4.85. The molecular weight excluding hydrogens is 346 g/mol. The number of sulfonamides is 1. The number of carbonyl (C=O) groups is 1. The number of hydrogen-bond donors (Lipinski definition) is 1. The zero-order chi connectivity index (χ0) is 19.0. The number of hydrogen-bond acceptors (Lipinski definition) is 6. The second-order valence-corrected chi connectivity index (χ2v) is 7.77. The molecule has 1 amide bonds. The van der Waals surface area contributed by atoms with E-state index >= 15 is 0 Å². The summed E-state index contributed by atoms with van der Waals surface area (Å²) in [6.45, 7) is 1.41. The maximum atomic E-state index is 12.2. The first-order valence-electron chi connectivity index (χ1n) is 7.79. The fourth-order valence-corrected chi connectivity index (χ4v) is 2.96. The van der Waals surface area contributed by atoms with Gasteiger partial charge in [0, 0.05) is 31.7 Å². The molecule has 0 aliphatic heterocycles. The number of nitrogens with zero attached hydrogens (tertiary/aromatic N) is 2. The van der Waals surface area contributed by atoms with Crippen molar-refractivity contribution in [2.75, 3.05) is 60.7 Å². The van der Waals surface area contributed by atoms with Gasteiger partial charge in [-0.15, -0.1) is 0 Å². The van der Waals surface area contributed by atoms with Crippen molar-refractivity contribution in [1.29, 1.82) is 0 Å². The summed E-state index contributed by atoms with van der Waals surface area (Å²) in [4.78, 5) is 14.1. The van der Waals surface area contributed by atoms with Crippen LogP contribution in [-0.4, -0.2) is 84.3 Å². The lowest BCUT2D eigenvalue weighted by atomic mass is 10.2. The molecule has 0 saturated heterocycles. The number of benzene rings is 1. The molecule has 0 radical (unpaired) electrons. The van der Waals surface area contributed by atoms with E-state index in [2.05, 4.69) is 5.32 Å². The van der Waals surface area contributed by atoms with Gasteiger partial charge in [-0.1, -0.05) is 0 Å². The maximum Gasteiger partial charge on any atom is 0.251 e. The first kappa shape index (κ1) is 21.2. The van der Waals surface area contributed by atoms with Crippen molar-refractivity contribution >= 4 is 15.9 Å². The minimum absolute atomic E-state index is 0.214. The molecular formula is C16H27N3O5S. The fraction of sp³-hybridized carbons (Fsp3) is 0.562. The lowest BCUT2D eigenvalue weighted by molar-refractivity contribution is 0.0951. The molecule has 0 spiro atoms. The summed E-state index contributed by atoms with van der Waals surface area (Å²) < 4.78 is 35.3. The van der Waals surface area contributed by atoms with Gasteiger partial charge in [0.05, 0.1) is 20.5 Å². The molecule has 25 heavy (non-hydrogen) atoms. The molecule has 1 aromatic carbocycles. The molecule has 0 heterocycles. The van der Waals surface area contributed by atoms with Crippen molar-refractivity contribution in [2.24, 2.45) is 0 Å². The molecule has 142 valence electrons. The van der Waals surface area contributed by atoms with Gasteiger partial charge in [-0.3, -0.25) is 4.79 Å². The van der Waals surface area contributed by atoms with E-state index in [9.17, 15) is 13.2 Å². The van der Waals surface area contributed by atoms with Gasteiger partial charge in [0.1, 0.15) is 0 Å². The Labute approximate surface area is 149 Å². The van der Waals surface area contributed by atoms with E-state index in [0.717, 1.165) is 0 Å². The van der Waals surface area contributed by atoms with Crippen molar-refractivity contribution in [2.45, 2.75) is 0 Å². The van der Waals surface area contributed by atoms with Gasteiger partial charge in [-0.25, -0.2) is 8.42 Å². The van der Waals surface area contributed by atoms with E-state index in [1.54, 1.807) is 18.2 Å². The van der Waals surface area contributed by atoms with Crippen molar-refractivity contribution in [3.63, 3.8) is 0 Å². The van der Waals surface area contributed by atoms with Crippen molar-refractivity contribution in [3.8, 4) is 11.5 Å². The van der Waals surface area contributed by atoms with Crippen LogP contribution in [0.4, 0.5) is 0 Å². The Bertz CT molecular complexity index is 676. The van der Waals surface area contributed by atoms with Crippen LogP contribution in [0.25, 0.3) is 0 Å². The Morgan fingerprint density at radius 3 is 2.24 bits per heavy atom. The molecule has 1 N–H and O–H groups in total. The molecule has 0 atom stereocenters. The first-order chi connectivity index (χ1) is 11.7. The lowest BCUT2D eigenvalue weighted by Crippen LogP contribution is -2.41. The zero-order valence-corrected chi connectivity index (χ0v) is 16.2. The van der Waals surface area contributed by atoms with Gasteiger partial charge in [-0.2, -0.15) is 4.31 Å². The van der Waals surface area contributed by atoms with E-state index in [0.29, 0.717) is 30.2 Å². The summed E-state index contributed by atoms with van der Waals surface area (Å²) in [6.07, 6.45) is 1.17. The summed E-state index contributed by atoms with van der Waals surface area (Å²) in [5, 5.41) is 2.72. The number of likely N-dealkylation sites (N-methyl/N-ethyl adjacent to an activating group) is 1. The number of amides is 1. The van der Waals surface area contributed by atoms with Gasteiger partial charge in [0.2, 0.25) is 10.0 Å². The topological polar surface area (TPSA) is 88.2 Å². The third-order valence-corrected chi connectivity index (χ3v) is 4.86. The molecule has 0 aliphatic rings. The Morgan fingerprint density at radius 2 is 1.72 bits per heavy atom. The third-order valence-electron chi connectivity index (χ3n) is 3.56. The summed E-state index contributed by atoms with van der Waals surface area (Å²) in [7, 11) is 3.44. The average Bonchev–Trinajstić information content (AvgIpc) is 2.55. The molecule has 0 bridgehead atoms. The predicted octanol–water partition coefficient (Wildman–Crippen LogP) is 0.257. The van der Waals surface area contributed by atoms with E-state index in [-0.39, 0.29) is 19.0 Å². The average molecular weight is 373 g/mol. The van der Waals surface area contributed by atoms with Crippen LogP contribution >= 0.6 is 0 Å². The maximum absolute atomic E-state index is 12.2. The van der Waals surface area contributed by atoms with Gasteiger partial charge in [-0.05, 0) is 32.3 Å². The quantitative estimate of drug-likeness (QED) is 0.633. The largest absolute Gasteiger partial charge is 0.493 e. The van der Waals surface area contributed by atoms with Gasteiger partial charge in [0.15, 0.2) is 11.5 Å². The number of nitrogens with one attached hydrogen (secondary N) is 1. The molecule has 0 aromatic heterocycles. The molecule has 0 aliphatic carbocycles. The smallest absolute Gasteiger partial charge is 0.251 e. The highest BCUT2D eigenvalue weighted by atomic mass is 32.2. The standard InChI is InChI=1S/C16H27N3O5S/c1-18(2)10-11-19(25(5,21)22)9-8-17-16(20)13-6-7-14(23-3)15(12-13)24-4/h6-7,12H,8-11H2,1-5H3,(H,17,20). The molecule has 9 heteroatoms. The Kier molecular flexibility index (Phi) is 8.14. The molecule has 1 aromatic rings. The van der Waals surface area contributed by atoms with Gasteiger partial charge in [0.25, 0.3) is 5.91 Å². The van der Waals surface area contributed by atoms with Crippen molar-refractivity contribution in [3.05, 3.63) is 23.8 Å². The predicted molar refractivity (Wildman–Crippen MR) is 96.9 cm³/mol. The highest BCUT2D eigenvalue weighted by molar-refractivity contribution is 7.88. The van der Waals surface area contributed by atoms with Crippen LogP contribution in [0, 0.1) is 0 Å². The summed E-state index contributed by atoms with van der Waals surface area (Å²) >= 11 is 0. The van der Waals surface area contributed by atoms with Crippen LogP contribution in [-0.2, 0) is 10.0 Å². The Balaban J connectivity index is 2.65. The normalized spacial score (nSPS) is 11.6. The summed E-state index contributed by atoms with van der Waals surface area (Å²) in [5.41, 5.74) is 0.414. The van der Waals surface area contributed by atoms with E-state index in [1.807, 2.05) is 19.0 Å². The van der Waals surface area contributed by atoms with Crippen LogP contribution in [0.2, 0.25) is 0 Å². The number of rotatable bonds is 10. The van der Waals surface area contributed by atoms with Gasteiger partial charge < -0.3 is 19.7 Å². The second-order valence-electron chi connectivity index (χ2n) is 5.79. The Hall–Kier alpha value is -1.84. The minimum Gasteiger partial charge on any atom is -0.493 e. The second kappa shape index (κ2) is 9.59. The minimum atomic E-state index is -3.32. The molecule has 1 rings (SSSR count). The van der Waals surface area contributed by atoms with E-state index < -0.39 is 10.0 Å².